The van der Waals surface area contributed by atoms with Crippen LogP contribution in [0, 0.1) is 0 Å². The van der Waals surface area contributed by atoms with Gasteiger partial charge >= 0.3 is 0 Å². The Kier molecular flexibility index (Phi) is 4.20. The predicted octanol–water partition coefficient (Wildman–Crippen LogP) is 2.29. The number of phenols is 1. The highest BCUT2D eigenvalue weighted by Crippen LogP contribution is 2.23. The summed E-state index contributed by atoms with van der Waals surface area (Å²) < 4.78 is 5.05. The monoisotopic (exact) mass is 272 g/mol. The summed E-state index contributed by atoms with van der Waals surface area (Å²) in [5, 5.41) is 12.6. The number of hydrogen-bond acceptors (Lipinski definition) is 4. The third kappa shape index (κ3) is 3.06. The van der Waals surface area contributed by atoms with Gasteiger partial charge in [-0.3, -0.25) is 9.78 Å². The van der Waals surface area contributed by atoms with Crippen molar-refractivity contribution in [1.29, 1.82) is 0 Å². The quantitative estimate of drug-likeness (QED) is 0.895. The molecule has 0 aliphatic rings. The minimum Gasteiger partial charge on any atom is -0.507 e. The maximum absolute atomic E-state index is 12.2. The molecular weight excluding hydrogens is 256 g/mol. The normalized spacial score (nSPS) is 11.7. The van der Waals surface area contributed by atoms with E-state index in [1.165, 1.54) is 19.2 Å². The number of aromatic hydroxyl groups is 1. The van der Waals surface area contributed by atoms with E-state index in [1.54, 1.807) is 24.5 Å². The van der Waals surface area contributed by atoms with Crippen molar-refractivity contribution in [2.24, 2.45) is 0 Å². The third-order valence-corrected chi connectivity index (χ3v) is 2.98. The highest BCUT2D eigenvalue weighted by molar-refractivity contribution is 5.97. The van der Waals surface area contributed by atoms with Gasteiger partial charge in [0.1, 0.15) is 11.5 Å². The van der Waals surface area contributed by atoms with E-state index in [1.807, 2.05) is 13.0 Å². The van der Waals surface area contributed by atoms with Gasteiger partial charge in [0, 0.05) is 12.4 Å². The average Bonchev–Trinajstić information content (AvgIpc) is 2.48. The summed E-state index contributed by atoms with van der Waals surface area (Å²) in [5.41, 5.74) is 1.07. The van der Waals surface area contributed by atoms with Gasteiger partial charge in [0.25, 0.3) is 5.91 Å². The molecule has 2 aromatic rings. The van der Waals surface area contributed by atoms with Gasteiger partial charge < -0.3 is 15.2 Å². The molecule has 1 atom stereocenters. The smallest absolute Gasteiger partial charge is 0.255 e. The van der Waals surface area contributed by atoms with E-state index in [2.05, 4.69) is 10.3 Å². The molecule has 104 valence electrons. The van der Waals surface area contributed by atoms with Crippen LogP contribution < -0.4 is 10.1 Å². The van der Waals surface area contributed by atoms with Crippen LogP contribution in [0.15, 0.2) is 42.7 Å². The van der Waals surface area contributed by atoms with Crippen molar-refractivity contribution in [1.82, 2.24) is 10.3 Å². The maximum Gasteiger partial charge on any atom is 0.255 e. The van der Waals surface area contributed by atoms with E-state index < -0.39 is 0 Å². The molecule has 1 aromatic heterocycles. The summed E-state index contributed by atoms with van der Waals surface area (Å²) in [6.07, 6.45) is 3.36. The maximum atomic E-state index is 12.2. The Labute approximate surface area is 117 Å². The molecule has 0 spiro atoms. The SMILES string of the molecule is COc1ccc(O)c(C(=O)NC(C)c2cccnc2)c1. The number of carbonyl (C=O) groups excluding carboxylic acids is 1. The van der Waals surface area contributed by atoms with E-state index >= 15 is 0 Å². The minimum absolute atomic E-state index is 0.0818. The predicted molar refractivity (Wildman–Crippen MR) is 74.8 cm³/mol. The van der Waals surface area contributed by atoms with Crippen molar-refractivity contribution in [3.8, 4) is 11.5 Å². The molecule has 0 radical (unpaired) electrons. The zero-order valence-corrected chi connectivity index (χ0v) is 11.3. The fraction of sp³-hybridized carbons (Fsp3) is 0.200. The van der Waals surface area contributed by atoms with Crippen LogP contribution in [0.25, 0.3) is 0 Å². The van der Waals surface area contributed by atoms with Crippen molar-refractivity contribution >= 4 is 5.91 Å². The van der Waals surface area contributed by atoms with E-state index in [0.717, 1.165) is 5.56 Å². The standard InChI is InChI=1S/C15H16N2O3/c1-10(11-4-3-7-16-9-11)17-15(19)13-8-12(20-2)5-6-14(13)18/h3-10,18H,1-2H3,(H,17,19). The first-order valence-corrected chi connectivity index (χ1v) is 6.19. The van der Waals surface area contributed by atoms with Crippen molar-refractivity contribution in [3.05, 3.63) is 53.9 Å². The van der Waals surface area contributed by atoms with Crippen molar-refractivity contribution < 1.29 is 14.6 Å². The Morgan fingerprint density at radius 1 is 1.40 bits per heavy atom. The molecule has 0 bridgehead atoms. The number of aromatic nitrogens is 1. The van der Waals surface area contributed by atoms with Gasteiger partial charge in [0.15, 0.2) is 0 Å². The van der Waals surface area contributed by atoms with E-state index in [9.17, 15) is 9.90 Å². The fourth-order valence-electron chi connectivity index (χ4n) is 1.81. The summed E-state index contributed by atoms with van der Waals surface area (Å²) in [4.78, 5) is 16.2. The molecule has 5 heteroatoms. The zero-order chi connectivity index (χ0) is 14.5. The molecule has 1 heterocycles. The summed E-state index contributed by atoms with van der Waals surface area (Å²) >= 11 is 0. The third-order valence-electron chi connectivity index (χ3n) is 2.98. The number of benzene rings is 1. The number of ether oxygens (including phenoxy) is 1. The molecule has 5 nitrogen and oxygen atoms in total. The van der Waals surface area contributed by atoms with Crippen LogP contribution in [0.1, 0.15) is 28.9 Å². The molecule has 0 saturated carbocycles. The second kappa shape index (κ2) is 6.06. The number of amides is 1. The van der Waals surface area contributed by atoms with Crippen molar-refractivity contribution in [2.75, 3.05) is 7.11 Å². The second-order valence-electron chi connectivity index (χ2n) is 4.36. The summed E-state index contributed by atoms with van der Waals surface area (Å²) in [5.74, 6) is 0.0708. The molecule has 1 unspecified atom stereocenters. The van der Waals surface area contributed by atoms with Gasteiger partial charge in [0.2, 0.25) is 0 Å². The van der Waals surface area contributed by atoms with Gasteiger partial charge in [-0.25, -0.2) is 0 Å². The number of rotatable bonds is 4. The van der Waals surface area contributed by atoms with Crippen LogP contribution in [0.3, 0.4) is 0 Å². The van der Waals surface area contributed by atoms with Crippen LogP contribution in [0.2, 0.25) is 0 Å². The molecular formula is C15H16N2O3. The molecule has 0 fully saturated rings. The van der Waals surface area contributed by atoms with Gasteiger partial charge in [0.05, 0.1) is 18.7 Å². The molecule has 2 rings (SSSR count). The van der Waals surface area contributed by atoms with Gasteiger partial charge in [-0.2, -0.15) is 0 Å². The highest BCUT2D eigenvalue weighted by atomic mass is 16.5. The largest absolute Gasteiger partial charge is 0.507 e. The van der Waals surface area contributed by atoms with E-state index in [0.29, 0.717) is 5.75 Å². The molecule has 0 saturated heterocycles. The summed E-state index contributed by atoms with van der Waals surface area (Å²) in [6.45, 7) is 1.85. The molecule has 0 aliphatic heterocycles. The Bertz CT molecular complexity index is 599. The fourth-order valence-corrected chi connectivity index (χ4v) is 1.81. The first-order valence-electron chi connectivity index (χ1n) is 6.19. The molecule has 0 aliphatic carbocycles. The van der Waals surface area contributed by atoms with Crippen LogP contribution in [0.4, 0.5) is 0 Å². The number of nitrogens with one attached hydrogen (secondary N) is 1. The van der Waals surface area contributed by atoms with E-state index in [4.69, 9.17) is 4.74 Å². The van der Waals surface area contributed by atoms with Crippen LogP contribution in [-0.2, 0) is 0 Å². The summed E-state index contributed by atoms with van der Waals surface area (Å²) in [6, 6.07) is 8.01. The first kappa shape index (κ1) is 13.9. The van der Waals surface area contributed by atoms with Gasteiger partial charge in [-0.1, -0.05) is 6.07 Å². The number of carbonyl (C=O) groups is 1. The Morgan fingerprint density at radius 3 is 2.85 bits per heavy atom. The molecule has 1 aromatic carbocycles. The Morgan fingerprint density at radius 2 is 2.20 bits per heavy atom. The minimum atomic E-state index is -0.363. The first-order chi connectivity index (χ1) is 9.61. The lowest BCUT2D eigenvalue weighted by atomic mass is 10.1. The number of phenolic OH excluding ortho intramolecular Hbond substituents is 1. The van der Waals surface area contributed by atoms with Gasteiger partial charge in [-0.05, 0) is 36.8 Å². The van der Waals surface area contributed by atoms with Gasteiger partial charge in [-0.15, -0.1) is 0 Å². The van der Waals surface area contributed by atoms with Crippen LogP contribution in [-0.4, -0.2) is 23.1 Å². The Balaban J connectivity index is 2.16. The lowest BCUT2D eigenvalue weighted by molar-refractivity contribution is 0.0937. The second-order valence-corrected chi connectivity index (χ2v) is 4.36. The highest BCUT2D eigenvalue weighted by Gasteiger charge is 2.15. The van der Waals surface area contributed by atoms with Crippen LogP contribution >= 0.6 is 0 Å². The van der Waals surface area contributed by atoms with Crippen LogP contribution in [0.5, 0.6) is 11.5 Å². The number of pyridine rings is 1. The number of nitrogens with zero attached hydrogens (tertiary/aromatic N) is 1. The summed E-state index contributed by atoms with van der Waals surface area (Å²) in [7, 11) is 1.51. The number of methoxy groups -OCH3 is 1. The molecule has 2 N–H and O–H groups in total. The van der Waals surface area contributed by atoms with Crippen molar-refractivity contribution in [3.63, 3.8) is 0 Å². The zero-order valence-electron chi connectivity index (χ0n) is 11.3. The number of hydrogen-bond donors (Lipinski definition) is 2. The lowest BCUT2D eigenvalue weighted by Gasteiger charge is -2.14. The van der Waals surface area contributed by atoms with Crippen molar-refractivity contribution in [2.45, 2.75) is 13.0 Å². The molecule has 1 amide bonds. The molecule has 20 heavy (non-hydrogen) atoms. The van der Waals surface area contributed by atoms with E-state index in [-0.39, 0.29) is 23.3 Å². The Hall–Kier alpha value is -2.56. The topological polar surface area (TPSA) is 71.5 Å². The average molecular weight is 272 g/mol. The lowest BCUT2D eigenvalue weighted by Crippen LogP contribution is -2.26.